The molecule has 0 aliphatic carbocycles. The van der Waals surface area contributed by atoms with Crippen LogP contribution in [0, 0.1) is 0 Å². The summed E-state index contributed by atoms with van der Waals surface area (Å²) in [5.74, 6) is -0.428. The van der Waals surface area contributed by atoms with E-state index in [-0.39, 0.29) is 18.1 Å². The van der Waals surface area contributed by atoms with Gasteiger partial charge in [0.25, 0.3) is 0 Å². The number of anilines is 1. The molecule has 1 aromatic rings. The van der Waals surface area contributed by atoms with E-state index in [0.717, 1.165) is 10.7 Å². The predicted molar refractivity (Wildman–Crippen MR) is 67.1 cm³/mol. The van der Waals surface area contributed by atoms with Gasteiger partial charge in [-0.1, -0.05) is 15.9 Å². The number of benzene rings is 1. The van der Waals surface area contributed by atoms with E-state index in [1.165, 1.54) is 0 Å². The van der Waals surface area contributed by atoms with Crippen molar-refractivity contribution >= 4 is 37.4 Å². The number of hydrogen-bond acceptors (Lipinski definition) is 3. The van der Waals surface area contributed by atoms with Crippen molar-refractivity contribution in [2.75, 3.05) is 17.3 Å². The van der Waals surface area contributed by atoms with Gasteiger partial charge in [-0.2, -0.15) is 0 Å². The molecule has 1 aromatic carbocycles. The average Bonchev–Trinajstić information content (AvgIpc) is 2.18. The summed E-state index contributed by atoms with van der Waals surface area (Å²) in [6.07, 6.45) is 1.09. The second-order valence-corrected chi connectivity index (χ2v) is 6.61. The molecular formula is C10H12BrNO3S. The molecule has 0 atom stereocenters. The van der Waals surface area contributed by atoms with Gasteiger partial charge in [0.15, 0.2) is 0 Å². The Labute approximate surface area is 103 Å². The SMILES string of the molecule is CS(=O)(=O)CCC(=O)Nc1ccc(Br)cc1. The fraction of sp³-hybridized carbons (Fsp3) is 0.300. The van der Waals surface area contributed by atoms with Crippen LogP contribution in [0.1, 0.15) is 6.42 Å². The molecule has 1 N–H and O–H groups in total. The first-order chi connectivity index (χ1) is 7.37. The molecule has 0 unspecified atom stereocenters. The van der Waals surface area contributed by atoms with Crippen molar-refractivity contribution in [3.8, 4) is 0 Å². The number of hydrogen-bond donors (Lipinski definition) is 1. The lowest BCUT2D eigenvalue weighted by molar-refractivity contribution is -0.115. The molecule has 4 nitrogen and oxygen atoms in total. The van der Waals surface area contributed by atoms with Crippen LogP contribution in [0.5, 0.6) is 0 Å². The number of halogens is 1. The molecule has 0 saturated carbocycles. The van der Waals surface area contributed by atoms with Crippen molar-refractivity contribution in [3.63, 3.8) is 0 Å². The Hall–Kier alpha value is -0.880. The second-order valence-electron chi connectivity index (χ2n) is 3.43. The summed E-state index contributed by atoms with van der Waals surface area (Å²) in [5, 5.41) is 2.62. The molecule has 1 rings (SSSR count). The molecule has 0 radical (unpaired) electrons. The maximum Gasteiger partial charge on any atom is 0.225 e. The van der Waals surface area contributed by atoms with E-state index in [1.54, 1.807) is 24.3 Å². The Balaban J connectivity index is 2.49. The third kappa shape index (κ3) is 5.27. The zero-order chi connectivity index (χ0) is 12.2. The first-order valence-corrected chi connectivity index (χ1v) is 7.45. The molecule has 0 heterocycles. The van der Waals surface area contributed by atoms with Gasteiger partial charge in [0.1, 0.15) is 9.84 Å². The van der Waals surface area contributed by atoms with Crippen molar-refractivity contribution in [2.45, 2.75) is 6.42 Å². The van der Waals surface area contributed by atoms with Crippen LogP contribution in [0.4, 0.5) is 5.69 Å². The summed E-state index contributed by atoms with van der Waals surface area (Å²) in [7, 11) is -3.09. The van der Waals surface area contributed by atoms with Gasteiger partial charge in [-0.25, -0.2) is 8.42 Å². The highest BCUT2D eigenvalue weighted by Gasteiger charge is 2.07. The lowest BCUT2D eigenvalue weighted by Gasteiger charge is -2.04. The van der Waals surface area contributed by atoms with Crippen LogP contribution in [0.2, 0.25) is 0 Å². The van der Waals surface area contributed by atoms with Crippen LogP contribution >= 0.6 is 15.9 Å². The zero-order valence-corrected chi connectivity index (χ0v) is 11.1. The van der Waals surface area contributed by atoms with Crippen LogP contribution in [-0.2, 0) is 14.6 Å². The number of amides is 1. The van der Waals surface area contributed by atoms with E-state index < -0.39 is 9.84 Å². The average molecular weight is 306 g/mol. The minimum absolute atomic E-state index is 0.0190. The molecule has 0 saturated heterocycles. The Morgan fingerprint density at radius 1 is 1.31 bits per heavy atom. The largest absolute Gasteiger partial charge is 0.326 e. The fourth-order valence-electron chi connectivity index (χ4n) is 1.03. The minimum Gasteiger partial charge on any atom is -0.326 e. The van der Waals surface area contributed by atoms with Crippen molar-refractivity contribution in [1.82, 2.24) is 0 Å². The number of carbonyl (C=O) groups is 1. The molecule has 6 heteroatoms. The van der Waals surface area contributed by atoms with Gasteiger partial charge in [-0.3, -0.25) is 4.79 Å². The van der Waals surface area contributed by atoms with Gasteiger partial charge in [-0.05, 0) is 24.3 Å². The summed E-state index contributed by atoms with van der Waals surface area (Å²) in [5.41, 5.74) is 0.654. The number of rotatable bonds is 4. The zero-order valence-electron chi connectivity index (χ0n) is 8.73. The molecule has 16 heavy (non-hydrogen) atoms. The Kier molecular flexibility index (Phi) is 4.49. The molecule has 88 valence electrons. The van der Waals surface area contributed by atoms with Gasteiger partial charge in [0.2, 0.25) is 5.91 Å². The van der Waals surface area contributed by atoms with Crippen molar-refractivity contribution in [2.24, 2.45) is 0 Å². The third-order valence-electron chi connectivity index (χ3n) is 1.83. The van der Waals surface area contributed by atoms with Crippen LogP contribution in [0.25, 0.3) is 0 Å². The van der Waals surface area contributed by atoms with Crippen molar-refractivity contribution in [3.05, 3.63) is 28.7 Å². The normalized spacial score (nSPS) is 11.1. The summed E-state index contributed by atoms with van der Waals surface area (Å²) >= 11 is 3.28. The molecule has 0 fully saturated rings. The van der Waals surface area contributed by atoms with Crippen molar-refractivity contribution < 1.29 is 13.2 Å². The topological polar surface area (TPSA) is 63.2 Å². The van der Waals surface area contributed by atoms with E-state index >= 15 is 0 Å². The summed E-state index contributed by atoms with van der Waals surface area (Å²) in [6, 6.07) is 7.07. The second kappa shape index (κ2) is 5.45. The highest BCUT2D eigenvalue weighted by Crippen LogP contribution is 2.14. The number of carbonyl (C=O) groups excluding carboxylic acids is 1. The van der Waals surface area contributed by atoms with E-state index in [1.807, 2.05) is 0 Å². The summed E-state index contributed by atoms with van der Waals surface area (Å²) in [6.45, 7) is 0. The maximum atomic E-state index is 11.4. The maximum absolute atomic E-state index is 11.4. The van der Waals surface area contributed by atoms with Gasteiger partial charge >= 0.3 is 0 Å². The van der Waals surface area contributed by atoms with Gasteiger partial charge in [0.05, 0.1) is 5.75 Å². The molecule has 0 bridgehead atoms. The van der Waals surface area contributed by atoms with Crippen LogP contribution < -0.4 is 5.32 Å². The lowest BCUT2D eigenvalue weighted by Crippen LogP contribution is -2.16. The highest BCUT2D eigenvalue weighted by atomic mass is 79.9. The number of nitrogens with one attached hydrogen (secondary N) is 1. The standard InChI is InChI=1S/C10H12BrNO3S/c1-16(14,15)7-6-10(13)12-9-4-2-8(11)3-5-9/h2-5H,6-7H2,1H3,(H,12,13). The monoisotopic (exact) mass is 305 g/mol. The number of sulfone groups is 1. The minimum atomic E-state index is -3.09. The summed E-state index contributed by atoms with van der Waals surface area (Å²) < 4.78 is 22.6. The highest BCUT2D eigenvalue weighted by molar-refractivity contribution is 9.10. The molecule has 1 amide bonds. The van der Waals surface area contributed by atoms with Gasteiger partial charge in [0, 0.05) is 22.8 Å². The summed E-state index contributed by atoms with van der Waals surface area (Å²) in [4.78, 5) is 11.4. The fourth-order valence-corrected chi connectivity index (χ4v) is 1.86. The smallest absolute Gasteiger partial charge is 0.225 e. The van der Waals surface area contributed by atoms with E-state index in [4.69, 9.17) is 0 Å². The molecule has 0 spiro atoms. The Bertz CT molecular complexity index is 467. The quantitative estimate of drug-likeness (QED) is 0.923. The molecule has 0 aliphatic rings. The van der Waals surface area contributed by atoms with Crippen LogP contribution in [0.3, 0.4) is 0 Å². The van der Waals surface area contributed by atoms with E-state index in [9.17, 15) is 13.2 Å². The predicted octanol–water partition coefficient (Wildman–Crippen LogP) is 1.82. The Morgan fingerprint density at radius 3 is 2.38 bits per heavy atom. The molecule has 0 aliphatic heterocycles. The van der Waals surface area contributed by atoms with Crippen LogP contribution in [-0.4, -0.2) is 26.3 Å². The first kappa shape index (κ1) is 13.2. The Morgan fingerprint density at radius 2 is 1.88 bits per heavy atom. The van der Waals surface area contributed by atoms with Crippen molar-refractivity contribution in [1.29, 1.82) is 0 Å². The van der Waals surface area contributed by atoms with Gasteiger partial charge in [-0.15, -0.1) is 0 Å². The lowest BCUT2D eigenvalue weighted by atomic mass is 10.3. The van der Waals surface area contributed by atoms with E-state index in [0.29, 0.717) is 5.69 Å². The molecule has 0 aromatic heterocycles. The first-order valence-electron chi connectivity index (χ1n) is 4.60. The third-order valence-corrected chi connectivity index (χ3v) is 3.30. The van der Waals surface area contributed by atoms with E-state index in [2.05, 4.69) is 21.2 Å². The molecular weight excluding hydrogens is 294 g/mol. The van der Waals surface area contributed by atoms with Gasteiger partial charge < -0.3 is 5.32 Å². The van der Waals surface area contributed by atoms with Crippen LogP contribution in [0.15, 0.2) is 28.7 Å².